The lowest BCUT2D eigenvalue weighted by Crippen LogP contribution is -2.05. The fourth-order valence-corrected chi connectivity index (χ4v) is 4.76. The van der Waals surface area contributed by atoms with Crippen molar-refractivity contribution >= 4 is 21.2 Å². The largest absolute Gasteiger partial charge is 0.494 e. The summed E-state index contributed by atoms with van der Waals surface area (Å²) in [6, 6.07) is 14.7. The molecule has 0 fully saturated rings. The van der Waals surface area contributed by atoms with Crippen molar-refractivity contribution in [2.45, 2.75) is 30.9 Å². The lowest BCUT2D eigenvalue weighted by Gasteiger charge is -2.05. The molecule has 0 aliphatic heterocycles. The number of aromatic nitrogens is 1. The number of hydrogen-bond donors (Lipinski definition) is 0. The molecule has 4 nitrogen and oxygen atoms in total. The maximum Gasteiger partial charge on any atom is 0.184 e. The Labute approximate surface area is 158 Å². The van der Waals surface area contributed by atoms with Gasteiger partial charge in [-0.05, 0) is 43.2 Å². The van der Waals surface area contributed by atoms with Crippen molar-refractivity contribution in [1.29, 1.82) is 0 Å². The van der Waals surface area contributed by atoms with Crippen LogP contribution in [0.4, 0.5) is 0 Å². The van der Waals surface area contributed by atoms with E-state index in [0.717, 1.165) is 17.0 Å². The molecule has 0 saturated carbocycles. The van der Waals surface area contributed by atoms with Gasteiger partial charge in [-0.15, -0.1) is 11.3 Å². The van der Waals surface area contributed by atoms with Crippen LogP contribution >= 0.6 is 11.3 Å². The molecule has 26 heavy (non-hydrogen) atoms. The van der Waals surface area contributed by atoms with Gasteiger partial charge in [-0.25, -0.2) is 13.4 Å². The highest BCUT2D eigenvalue weighted by Gasteiger charge is 2.18. The molecule has 0 N–H and O–H groups in total. The second kappa shape index (κ2) is 8.01. The van der Waals surface area contributed by atoms with Crippen molar-refractivity contribution in [3.05, 3.63) is 65.2 Å². The smallest absolute Gasteiger partial charge is 0.184 e. The van der Waals surface area contributed by atoms with E-state index in [9.17, 15) is 8.42 Å². The highest BCUT2D eigenvalue weighted by Crippen LogP contribution is 2.26. The summed E-state index contributed by atoms with van der Waals surface area (Å²) in [7, 11) is -3.44. The number of ether oxygens (including phenoxy) is 1. The number of thiazole rings is 1. The highest BCUT2D eigenvalue weighted by molar-refractivity contribution is 7.90. The van der Waals surface area contributed by atoms with E-state index >= 15 is 0 Å². The summed E-state index contributed by atoms with van der Waals surface area (Å²) in [6.45, 7) is 4.55. The summed E-state index contributed by atoms with van der Waals surface area (Å²) in [6.07, 6.45) is 0.990. The summed E-state index contributed by atoms with van der Waals surface area (Å²) in [5, 5.41) is 2.65. The minimum absolute atomic E-state index is 0.107. The van der Waals surface area contributed by atoms with E-state index in [1.807, 2.05) is 24.4 Å². The number of rotatable bonds is 7. The molecule has 136 valence electrons. The normalized spacial score (nSPS) is 11.5. The van der Waals surface area contributed by atoms with Crippen LogP contribution in [0.2, 0.25) is 0 Å². The molecule has 1 aromatic heterocycles. The minimum atomic E-state index is -3.44. The Balaban J connectivity index is 1.76. The number of nitrogens with zero attached hydrogens (tertiary/aromatic N) is 1. The molecule has 0 spiro atoms. The number of sulfone groups is 1. The van der Waals surface area contributed by atoms with E-state index in [2.05, 4.69) is 24.0 Å². The maximum absolute atomic E-state index is 12.6. The Morgan fingerprint density at radius 3 is 2.31 bits per heavy atom. The van der Waals surface area contributed by atoms with Crippen LogP contribution in [0.1, 0.15) is 25.1 Å². The first-order chi connectivity index (χ1) is 12.5. The SMILES string of the molecule is CCOc1ccc(S(=O)(=O)Cc2csc(-c3ccc(CC)cc3)n2)cc1. The lowest BCUT2D eigenvalue weighted by molar-refractivity contribution is 0.340. The topological polar surface area (TPSA) is 56.3 Å². The fourth-order valence-electron chi connectivity index (χ4n) is 2.58. The van der Waals surface area contributed by atoms with Crippen molar-refractivity contribution in [1.82, 2.24) is 4.98 Å². The average Bonchev–Trinajstić information content (AvgIpc) is 3.10. The average molecular weight is 388 g/mol. The third-order valence-electron chi connectivity index (χ3n) is 3.99. The molecular weight excluding hydrogens is 366 g/mol. The quantitative estimate of drug-likeness (QED) is 0.587. The van der Waals surface area contributed by atoms with Crippen molar-refractivity contribution in [3.63, 3.8) is 0 Å². The Bertz CT molecular complexity index is 959. The summed E-state index contributed by atoms with van der Waals surface area (Å²) < 4.78 is 30.6. The zero-order valence-corrected chi connectivity index (χ0v) is 16.4. The van der Waals surface area contributed by atoms with Crippen LogP contribution in [0.25, 0.3) is 10.6 Å². The predicted molar refractivity (Wildman–Crippen MR) is 105 cm³/mol. The van der Waals surface area contributed by atoms with Gasteiger partial charge in [-0.1, -0.05) is 31.2 Å². The number of aryl methyl sites for hydroxylation is 1. The van der Waals surface area contributed by atoms with Crippen LogP contribution in [-0.2, 0) is 22.0 Å². The van der Waals surface area contributed by atoms with E-state index in [1.54, 1.807) is 24.3 Å². The molecule has 6 heteroatoms. The Hall–Kier alpha value is -2.18. The predicted octanol–water partition coefficient (Wildman–Crippen LogP) is 4.75. The van der Waals surface area contributed by atoms with Gasteiger partial charge in [0.25, 0.3) is 0 Å². The van der Waals surface area contributed by atoms with Gasteiger partial charge < -0.3 is 4.74 Å². The summed E-state index contributed by atoms with van der Waals surface area (Å²) in [5.74, 6) is 0.558. The summed E-state index contributed by atoms with van der Waals surface area (Å²) >= 11 is 1.47. The van der Waals surface area contributed by atoms with Gasteiger partial charge in [0.2, 0.25) is 0 Å². The maximum atomic E-state index is 12.6. The molecule has 0 radical (unpaired) electrons. The minimum Gasteiger partial charge on any atom is -0.494 e. The first-order valence-corrected chi connectivity index (χ1v) is 11.0. The van der Waals surface area contributed by atoms with E-state index in [1.165, 1.54) is 16.9 Å². The van der Waals surface area contributed by atoms with Gasteiger partial charge in [-0.2, -0.15) is 0 Å². The molecule has 0 atom stereocenters. The third-order valence-corrected chi connectivity index (χ3v) is 6.60. The Morgan fingerprint density at radius 1 is 1.00 bits per heavy atom. The first-order valence-electron chi connectivity index (χ1n) is 8.51. The second-order valence-electron chi connectivity index (χ2n) is 5.86. The third kappa shape index (κ3) is 4.31. The van der Waals surface area contributed by atoms with Crippen molar-refractivity contribution in [2.24, 2.45) is 0 Å². The van der Waals surface area contributed by atoms with Crippen LogP contribution in [0.3, 0.4) is 0 Å². The van der Waals surface area contributed by atoms with Crippen molar-refractivity contribution in [2.75, 3.05) is 6.61 Å². The zero-order valence-electron chi connectivity index (χ0n) is 14.8. The van der Waals surface area contributed by atoms with Gasteiger partial charge in [0.05, 0.1) is 22.9 Å². The lowest BCUT2D eigenvalue weighted by atomic mass is 10.1. The fraction of sp³-hybridized carbons (Fsp3) is 0.250. The van der Waals surface area contributed by atoms with Gasteiger partial charge in [-0.3, -0.25) is 0 Å². The highest BCUT2D eigenvalue weighted by atomic mass is 32.2. The van der Waals surface area contributed by atoms with E-state index < -0.39 is 9.84 Å². The molecule has 2 aromatic carbocycles. The van der Waals surface area contributed by atoms with E-state index in [-0.39, 0.29) is 10.6 Å². The van der Waals surface area contributed by atoms with Crippen LogP contribution < -0.4 is 4.74 Å². The molecule has 3 aromatic rings. The van der Waals surface area contributed by atoms with Gasteiger partial charge in [0.15, 0.2) is 9.84 Å². The molecule has 0 aliphatic carbocycles. The second-order valence-corrected chi connectivity index (χ2v) is 8.71. The summed E-state index contributed by atoms with van der Waals surface area (Å²) in [4.78, 5) is 4.79. The van der Waals surface area contributed by atoms with Crippen molar-refractivity contribution in [3.8, 4) is 16.3 Å². The molecular formula is C20H21NO3S2. The molecule has 0 bridgehead atoms. The Morgan fingerprint density at radius 2 is 1.69 bits per heavy atom. The van der Waals surface area contributed by atoms with Gasteiger partial charge in [0.1, 0.15) is 10.8 Å². The molecule has 0 amide bonds. The van der Waals surface area contributed by atoms with E-state index in [0.29, 0.717) is 18.1 Å². The molecule has 0 aliphatic rings. The van der Waals surface area contributed by atoms with E-state index in [4.69, 9.17) is 4.74 Å². The monoisotopic (exact) mass is 387 g/mol. The number of hydrogen-bond acceptors (Lipinski definition) is 5. The van der Waals surface area contributed by atoms with Crippen LogP contribution in [0.15, 0.2) is 58.8 Å². The van der Waals surface area contributed by atoms with Crippen LogP contribution in [0, 0.1) is 0 Å². The summed E-state index contributed by atoms with van der Waals surface area (Å²) in [5.41, 5.74) is 2.85. The van der Waals surface area contributed by atoms with Gasteiger partial charge >= 0.3 is 0 Å². The molecule has 0 unspecified atom stereocenters. The van der Waals surface area contributed by atoms with Crippen LogP contribution in [-0.4, -0.2) is 20.0 Å². The molecule has 3 rings (SSSR count). The molecule has 1 heterocycles. The van der Waals surface area contributed by atoms with Crippen LogP contribution in [0.5, 0.6) is 5.75 Å². The van der Waals surface area contributed by atoms with Crippen molar-refractivity contribution < 1.29 is 13.2 Å². The zero-order chi connectivity index (χ0) is 18.6. The first kappa shape index (κ1) is 18.6. The Kier molecular flexibility index (Phi) is 5.74. The number of benzene rings is 2. The molecule has 0 saturated heterocycles. The van der Waals surface area contributed by atoms with Gasteiger partial charge in [0, 0.05) is 10.9 Å². The standard InChI is InChI=1S/C20H21NO3S2/c1-3-15-5-7-16(8-6-15)20-21-17(13-25-20)14-26(22,23)19-11-9-18(10-12-19)24-4-2/h5-13H,3-4,14H2,1-2H3.